The van der Waals surface area contributed by atoms with Crippen LogP contribution in [0.5, 0.6) is 0 Å². The Morgan fingerprint density at radius 2 is 2.00 bits per heavy atom. The molecule has 17 heavy (non-hydrogen) atoms. The van der Waals surface area contributed by atoms with E-state index in [9.17, 15) is 4.79 Å². The van der Waals surface area contributed by atoms with Gasteiger partial charge in [0.15, 0.2) is 0 Å². The van der Waals surface area contributed by atoms with Gasteiger partial charge in [-0.2, -0.15) is 0 Å². The van der Waals surface area contributed by atoms with Crippen LogP contribution in [0, 0.1) is 11.8 Å². The van der Waals surface area contributed by atoms with Gasteiger partial charge in [-0.3, -0.25) is 4.79 Å². The number of carbonyl (C=O) groups is 1. The van der Waals surface area contributed by atoms with E-state index in [4.69, 9.17) is 5.73 Å². The highest BCUT2D eigenvalue weighted by molar-refractivity contribution is 5.81. The number of nitrogens with one attached hydrogen (secondary N) is 1. The van der Waals surface area contributed by atoms with Crippen LogP contribution in [0.15, 0.2) is 12.2 Å². The minimum atomic E-state index is -0.00367. The Morgan fingerprint density at radius 1 is 1.29 bits per heavy atom. The fraction of sp³-hybridized carbons (Fsp3) is 0.786. The molecule has 0 saturated heterocycles. The lowest BCUT2D eigenvalue weighted by Crippen LogP contribution is -2.41. The number of hydrogen-bond donors (Lipinski definition) is 2. The minimum Gasteiger partial charge on any atom is -0.353 e. The maximum absolute atomic E-state index is 12.0. The van der Waals surface area contributed by atoms with Crippen molar-refractivity contribution in [1.82, 2.24) is 5.32 Å². The van der Waals surface area contributed by atoms with E-state index in [-0.39, 0.29) is 17.9 Å². The molecule has 3 atom stereocenters. The Labute approximate surface area is 104 Å². The van der Waals surface area contributed by atoms with Gasteiger partial charge in [-0.1, -0.05) is 31.4 Å². The summed E-state index contributed by atoms with van der Waals surface area (Å²) in [7, 11) is 0. The van der Waals surface area contributed by atoms with Crippen molar-refractivity contribution in [3.05, 3.63) is 12.2 Å². The summed E-state index contributed by atoms with van der Waals surface area (Å²) >= 11 is 0. The molecule has 0 aromatic rings. The van der Waals surface area contributed by atoms with Gasteiger partial charge in [0.25, 0.3) is 0 Å². The van der Waals surface area contributed by atoms with Crippen LogP contribution in [0.1, 0.15) is 45.4 Å². The van der Waals surface area contributed by atoms with E-state index in [0.29, 0.717) is 12.0 Å². The second-order valence-corrected chi connectivity index (χ2v) is 5.59. The van der Waals surface area contributed by atoms with Crippen LogP contribution in [-0.2, 0) is 4.79 Å². The Kier molecular flexibility index (Phi) is 4.21. The van der Waals surface area contributed by atoms with E-state index in [1.807, 2.05) is 12.2 Å². The molecule has 3 nitrogen and oxygen atoms in total. The monoisotopic (exact) mass is 236 g/mol. The van der Waals surface area contributed by atoms with Gasteiger partial charge < -0.3 is 11.1 Å². The third-order valence-electron chi connectivity index (χ3n) is 4.18. The van der Waals surface area contributed by atoms with E-state index < -0.39 is 0 Å². The average molecular weight is 236 g/mol. The van der Waals surface area contributed by atoms with Gasteiger partial charge in [0.05, 0.1) is 5.92 Å². The third-order valence-corrected chi connectivity index (χ3v) is 4.18. The molecule has 1 fully saturated rings. The molecule has 0 bridgehead atoms. The molecule has 2 unspecified atom stereocenters. The summed E-state index contributed by atoms with van der Waals surface area (Å²) in [5, 5.41) is 3.17. The van der Waals surface area contributed by atoms with Crippen LogP contribution < -0.4 is 11.1 Å². The summed E-state index contributed by atoms with van der Waals surface area (Å²) in [6, 6.07) is 0.378. The summed E-state index contributed by atoms with van der Waals surface area (Å²) in [5.74, 6) is 0.829. The van der Waals surface area contributed by atoms with Gasteiger partial charge in [-0.05, 0) is 32.1 Å². The van der Waals surface area contributed by atoms with E-state index in [1.165, 1.54) is 32.1 Å². The molecule has 2 aliphatic rings. The zero-order valence-corrected chi connectivity index (χ0v) is 10.7. The smallest absolute Gasteiger partial charge is 0.227 e. The molecule has 1 saturated carbocycles. The number of rotatable bonds is 3. The maximum Gasteiger partial charge on any atom is 0.227 e. The second kappa shape index (κ2) is 5.67. The minimum absolute atomic E-state index is 0.00367. The molecule has 0 aromatic carbocycles. The van der Waals surface area contributed by atoms with Crippen LogP contribution in [-0.4, -0.2) is 18.0 Å². The van der Waals surface area contributed by atoms with Crippen molar-refractivity contribution in [2.24, 2.45) is 17.6 Å². The molecule has 0 radical (unpaired) electrons. The van der Waals surface area contributed by atoms with E-state index >= 15 is 0 Å². The Hall–Kier alpha value is -0.830. The predicted octanol–water partition coefficient (Wildman–Crippen LogP) is 1.97. The highest BCUT2D eigenvalue weighted by Gasteiger charge is 2.26. The van der Waals surface area contributed by atoms with Crippen molar-refractivity contribution in [1.29, 1.82) is 0 Å². The van der Waals surface area contributed by atoms with Crippen LogP contribution in [0.25, 0.3) is 0 Å². The van der Waals surface area contributed by atoms with Crippen molar-refractivity contribution in [3.63, 3.8) is 0 Å². The molecule has 1 amide bonds. The normalized spacial score (nSPS) is 31.4. The van der Waals surface area contributed by atoms with Gasteiger partial charge in [-0.25, -0.2) is 0 Å². The van der Waals surface area contributed by atoms with Crippen molar-refractivity contribution >= 4 is 5.91 Å². The quantitative estimate of drug-likeness (QED) is 0.736. The maximum atomic E-state index is 12.0. The molecule has 0 heterocycles. The second-order valence-electron chi connectivity index (χ2n) is 5.59. The van der Waals surface area contributed by atoms with Crippen LogP contribution in [0.4, 0.5) is 0 Å². The van der Waals surface area contributed by atoms with E-state index in [2.05, 4.69) is 12.2 Å². The van der Waals surface area contributed by atoms with Crippen molar-refractivity contribution in [2.75, 3.05) is 0 Å². The lowest BCUT2D eigenvalue weighted by Gasteiger charge is -2.29. The Bertz CT molecular complexity index is 295. The number of nitrogens with two attached hydrogens (primary N) is 1. The fourth-order valence-electron chi connectivity index (χ4n) is 3.01. The first-order valence-electron chi connectivity index (χ1n) is 6.91. The first-order chi connectivity index (χ1) is 8.16. The molecule has 2 rings (SSSR count). The summed E-state index contributed by atoms with van der Waals surface area (Å²) in [4.78, 5) is 12.0. The first-order valence-corrected chi connectivity index (χ1v) is 6.91. The molecule has 0 spiro atoms. The van der Waals surface area contributed by atoms with Crippen LogP contribution in [0.2, 0.25) is 0 Å². The van der Waals surface area contributed by atoms with Gasteiger partial charge in [0, 0.05) is 12.1 Å². The molecular weight excluding hydrogens is 212 g/mol. The summed E-state index contributed by atoms with van der Waals surface area (Å²) in [6.45, 7) is 2.15. The van der Waals surface area contributed by atoms with Crippen LogP contribution >= 0.6 is 0 Å². The zero-order valence-electron chi connectivity index (χ0n) is 10.7. The van der Waals surface area contributed by atoms with Crippen molar-refractivity contribution in [2.45, 2.75) is 57.5 Å². The number of carbonyl (C=O) groups excluding carboxylic acids is 1. The lowest BCUT2D eigenvalue weighted by atomic mass is 9.84. The van der Waals surface area contributed by atoms with Gasteiger partial charge >= 0.3 is 0 Å². The summed E-state index contributed by atoms with van der Waals surface area (Å²) < 4.78 is 0. The van der Waals surface area contributed by atoms with E-state index in [0.717, 1.165) is 6.42 Å². The standard InChI is InChI=1S/C14H24N2O/c1-10(11-5-3-2-4-6-11)16-14(17)12-7-8-13(15)9-12/h7-8,10-13H,2-6,9,15H2,1H3,(H,16,17)/t10-,12?,13?/m1/s1. The topological polar surface area (TPSA) is 55.1 Å². The van der Waals surface area contributed by atoms with Gasteiger partial charge in [0.2, 0.25) is 5.91 Å². The van der Waals surface area contributed by atoms with Crippen molar-refractivity contribution in [3.8, 4) is 0 Å². The molecule has 3 N–H and O–H groups in total. The molecule has 2 aliphatic carbocycles. The van der Waals surface area contributed by atoms with Gasteiger partial charge in [-0.15, -0.1) is 0 Å². The third kappa shape index (κ3) is 3.32. The summed E-state index contributed by atoms with van der Waals surface area (Å²) in [5.41, 5.74) is 5.77. The number of amides is 1. The largest absolute Gasteiger partial charge is 0.353 e. The zero-order chi connectivity index (χ0) is 12.3. The molecule has 96 valence electrons. The Balaban J connectivity index is 1.79. The SMILES string of the molecule is C[C@@H](NC(=O)C1C=CC(N)C1)C1CCCCC1. The van der Waals surface area contributed by atoms with Gasteiger partial charge in [0.1, 0.15) is 0 Å². The highest BCUT2D eigenvalue weighted by Crippen LogP contribution is 2.26. The Morgan fingerprint density at radius 3 is 2.59 bits per heavy atom. The summed E-state index contributed by atoms with van der Waals surface area (Å²) in [6.07, 6.45) is 11.2. The fourth-order valence-corrected chi connectivity index (χ4v) is 3.01. The molecule has 0 aromatic heterocycles. The molecule has 3 heteroatoms. The predicted molar refractivity (Wildman–Crippen MR) is 69.4 cm³/mol. The average Bonchev–Trinajstić information content (AvgIpc) is 2.77. The molecule has 0 aliphatic heterocycles. The number of hydrogen-bond acceptors (Lipinski definition) is 2. The first kappa shape index (κ1) is 12.6. The van der Waals surface area contributed by atoms with E-state index in [1.54, 1.807) is 0 Å². The lowest BCUT2D eigenvalue weighted by molar-refractivity contribution is -0.124. The molecular formula is C14H24N2O. The van der Waals surface area contributed by atoms with Crippen molar-refractivity contribution < 1.29 is 4.79 Å². The highest BCUT2D eigenvalue weighted by atomic mass is 16.1. The van der Waals surface area contributed by atoms with Crippen LogP contribution in [0.3, 0.4) is 0 Å².